The Balaban J connectivity index is 1.95. The number of nitrogens with one attached hydrogen (secondary N) is 1. The van der Waals surface area contributed by atoms with Crippen molar-refractivity contribution in [1.29, 1.82) is 0 Å². The van der Waals surface area contributed by atoms with Crippen LogP contribution in [0.5, 0.6) is 0 Å². The second-order valence-electron chi connectivity index (χ2n) is 4.95. The first kappa shape index (κ1) is 14.5. The normalized spacial score (nSPS) is 15.3. The van der Waals surface area contributed by atoms with Crippen molar-refractivity contribution < 1.29 is 14.3 Å². The Hall–Kier alpha value is -1.92. The highest BCUT2D eigenvalue weighted by molar-refractivity contribution is 5.88. The molecule has 1 aromatic heterocycles. The van der Waals surface area contributed by atoms with Gasteiger partial charge in [0.15, 0.2) is 5.69 Å². The molecular weight excluding hydrogens is 260 g/mol. The molecule has 1 saturated carbocycles. The van der Waals surface area contributed by atoms with Gasteiger partial charge in [0.05, 0.1) is 12.3 Å². The van der Waals surface area contributed by atoms with Gasteiger partial charge in [-0.3, -0.25) is 4.79 Å². The van der Waals surface area contributed by atoms with Crippen molar-refractivity contribution >= 4 is 11.9 Å². The number of rotatable bonds is 5. The van der Waals surface area contributed by atoms with Crippen LogP contribution in [0.4, 0.5) is 0 Å². The van der Waals surface area contributed by atoms with Crippen LogP contribution < -0.4 is 5.32 Å². The molecule has 1 aliphatic carbocycles. The van der Waals surface area contributed by atoms with Crippen molar-refractivity contribution in [2.24, 2.45) is 0 Å². The first-order valence-electron chi connectivity index (χ1n) is 6.98. The molecule has 1 N–H and O–H groups in total. The fourth-order valence-electron chi connectivity index (χ4n) is 2.38. The number of esters is 1. The molecule has 1 aromatic rings. The van der Waals surface area contributed by atoms with E-state index in [9.17, 15) is 9.59 Å². The standard InChI is InChI=1S/C13H20N4O3/c1-3-20-13(19)12-9(2)17(16-15-12)8-11(18)14-10-6-4-5-7-10/h10H,3-8H2,1-2H3,(H,14,18). The first-order valence-corrected chi connectivity index (χ1v) is 6.98. The Morgan fingerprint density at radius 2 is 2.10 bits per heavy atom. The third kappa shape index (κ3) is 3.34. The summed E-state index contributed by atoms with van der Waals surface area (Å²) in [6.45, 7) is 3.80. The molecule has 1 aliphatic rings. The molecule has 1 heterocycles. The SMILES string of the molecule is CCOC(=O)c1nnn(CC(=O)NC2CCCC2)c1C. The van der Waals surface area contributed by atoms with Crippen LogP contribution in [0.1, 0.15) is 48.8 Å². The lowest BCUT2D eigenvalue weighted by molar-refractivity contribution is -0.122. The molecule has 0 bridgehead atoms. The lowest BCUT2D eigenvalue weighted by atomic mass is 10.2. The van der Waals surface area contributed by atoms with Crippen LogP contribution in [-0.4, -0.2) is 39.5 Å². The fraction of sp³-hybridized carbons (Fsp3) is 0.692. The minimum absolute atomic E-state index is 0.0781. The molecule has 2 rings (SSSR count). The number of carbonyl (C=O) groups excluding carboxylic acids is 2. The molecular formula is C13H20N4O3. The number of ether oxygens (including phenoxy) is 1. The van der Waals surface area contributed by atoms with Gasteiger partial charge in [-0.2, -0.15) is 0 Å². The summed E-state index contributed by atoms with van der Waals surface area (Å²) in [5.74, 6) is -0.604. The predicted octanol–water partition coefficient (Wildman–Crippen LogP) is 0.822. The van der Waals surface area contributed by atoms with E-state index in [1.807, 2.05) is 0 Å². The van der Waals surface area contributed by atoms with Crippen molar-refractivity contribution in [3.63, 3.8) is 0 Å². The summed E-state index contributed by atoms with van der Waals surface area (Å²) < 4.78 is 6.31. The van der Waals surface area contributed by atoms with E-state index < -0.39 is 5.97 Å². The second-order valence-corrected chi connectivity index (χ2v) is 4.95. The maximum absolute atomic E-state index is 11.9. The van der Waals surface area contributed by atoms with Gasteiger partial charge in [-0.05, 0) is 26.7 Å². The number of carbonyl (C=O) groups is 2. The van der Waals surface area contributed by atoms with Crippen molar-refractivity contribution in [3.8, 4) is 0 Å². The number of hydrogen-bond acceptors (Lipinski definition) is 5. The first-order chi connectivity index (χ1) is 9.61. The van der Waals surface area contributed by atoms with Crippen LogP contribution in [0.15, 0.2) is 0 Å². The molecule has 0 saturated heterocycles. The Labute approximate surface area is 117 Å². The Morgan fingerprint density at radius 1 is 1.40 bits per heavy atom. The van der Waals surface area contributed by atoms with Crippen LogP contribution >= 0.6 is 0 Å². The zero-order valence-corrected chi connectivity index (χ0v) is 11.9. The zero-order valence-electron chi connectivity index (χ0n) is 11.9. The van der Waals surface area contributed by atoms with Gasteiger partial charge in [-0.1, -0.05) is 18.1 Å². The summed E-state index contributed by atoms with van der Waals surface area (Å²) in [6, 6.07) is 0.274. The average Bonchev–Trinajstić information content (AvgIpc) is 3.01. The van der Waals surface area contributed by atoms with Crippen molar-refractivity contribution in [2.45, 2.75) is 52.1 Å². The van der Waals surface area contributed by atoms with E-state index in [2.05, 4.69) is 15.6 Å². The maximum atomic E-state index is 11.9. The molecule has 0 atom stereocenters. The summed E-state index contributed by atoms with van der Waals surface area (Å²) in [5, 5.41) is 10.6. The van der Waals surface area contributed by atoms with Gasteiger partial charge in [0.25, 0.3) is 0 Å². The number of hydrogen-bond donors (Lipinski definition) is 1. The predicted molar refractivity (Wildman–Crippen MR) is 71.1 cm³/mol. The molecule has 1 amide bonds. The Morgan fingerprint density at radius 3 is 2.75 bits per heavy atom. The van der Waals surface area contributed by atoms with Gasteiger partial charge in [0, 0.05) is 6.04 Å². The molecule has 0 aliphatic heterocycles. The molecule has 0 aromatic carbocycles. The summed E-state index contributed by atoms with van der Waals surface area (Å²) in [4.78, 5) is 23.5. The monoisotopic (exact) mass is 280 g/mol. The van der Waals surface area contributed by atoms with Gasteiger partial charge in [-0.25, -0.2) is 9.48 Å². The van der Waals surface area contributed by atoms with Crippen molar-refractivity contribution in [1.82, 2.24) is 20.3 Å². The van der Waals surface area contributed by atoms with Gasteiger partial charge in [-0.15, -0.1) is 5.10 Å². The quantitative estimate of drug-likeness (QED) is 0.807. The highest BCUT2D eigenvalue weighted by Crippen LogP contribution is 2.17. The smallest absolute Gasteiger partial charge is 0.360 e. The van der Waals surface area contributed by atoms with Gasteiger partial charge in [0.2, 0.25) is 5.91 Å². The van der Waals surface area contributed by atoms with Crippen LogP contribution in [0.2, 0.25) is 0 Å². The lowest BCUT2D eigenvalue weighted by Crippen LogP contribution is -2.35. The van der Waals surface area contributed by atoms with E-state index >= 15 is 0 Å². The minimum Gasteiger partial charge on any atom is -0.461 e. The molecule has 0 unspecified atom stereocenters. The minimum atomic E-state index is -0.507. The van der Waals surface area contributed by atoms with Gasteiger partial charge in [0.1, 0.15) is 6.54 Å². The largest absolute Gasteiger partial charge is 0.461 e. The van der Waals surface area contributed by atoms with Crippen LogP contribution in [0.3, 0.4) is 0 Å². The van der Waals surface area contributed by atoms with E-state index in [-0.39, 0.29) is 30.8 Å². The third-order valence-corrected chi connectivity index (χ3v) is 3.47. The summed E-state index contributed by atoms with van der Waals surface area (Å²) in [7, 11) is 0. The van der Waals surface area contributed by atoms with Gasteiger partial charge < -0.3 is 10.1 Å². The van der Waals surface area contributed by atoms with E-state index in [4.69, 9.17) is 4.74 Å². The Bertz CT molecular complexity index is 492. The highest BCUT2D eigenvalue weighted by Gasteiger charge is 2.21. The lowest BCUT2D eigenvalue weighted by Gasteiger charge is -2.12. The summed E-state index contributed by atoms with van der Waals surface area (Å²) >= 11 is 0. The average molecular weight is 280 g/mol. The molecule has 1 fully saturated rings. The van der Waals surface area contributed by atoms with Crippen molar-refractivity contribution in [2.75, 3.05) is 6.61 Å². The van der Waals surface area contributed by atoms with Crippen LogP contribution in [-0.2, 0) is 16.1 Å². The molecule has 20 heavy (non-hydrogen) atoms. The summed E-state index contributed by atoms with van der Waals surface area (Å²) in [5.41, 5.74) is 0.713. The number of aromatic nitrogens is 3. The second kappa shape index (κ2) is 6.49. The number of nitrogens with zero attached hydrogens (tertiary/aromatic N) is 3. The van der Waals surface area contributed by atoms with Crippen LogP contribution in [0.25, 0.3) is 0 Å². The van der Waals surface area contributed by atoms with E-state index in [1.165, 1.54) is 17.5 Å². The Kier molecular flexibility index (Phi) is 4.70. The van der Waals surface area contributed by atoms with Gasteiger partial charge >= 0.3 is 5.97 Å². The van der Waals surface area contributed by atoms with E-state index in [0.717, 1.165) is 12.8 Å². The number of amides is 1. The van der Waals surface area contributed by atoms with E-state index in [0.29, 0.717) is 5.69 Å². The summed E-state index contributed by atoms with van der Waals surface area (Å²) in [6.07, 6.45) is 4.41. The van der Waals surface area contributed by atoms with Crippen molar-refractivity contribution in [3.05, 3.63) is 11.4 Å². The fourth-order valence-corrected chi connectivity index (χ4v) is 2.38. The highest BCUT2D eigenvalue weighted by atomic mass is 16.5. The third-order valence-electron chi connectivity index (χ3n) is 3.47. The molecule has 110 valence electrons. The topological polar surface area (TPSA) is 86.1 Å². The van der Waals surface area contributed by atoms with E-state index in [1.54, 1.807) is 13.8 Å². The molecule has 0 radical (unpaired) electrons. The van der Waals surface area contributed by atoms with Crippen LogP contribution in [0, 0.1) is 6.92 Å². The zero-order chi connectivity index (χ0) is 14.5. The molecule has 7 nitrogen and oxygen atoms in total. The molecule has 7 heteroatoms. The maximum Gasteiger partial charge on any atom is 0.360 e. The molecule has 0 spiro atoms.